The van der Waals surface area contributed by atoms with E-state index in [1.807, 2.05) is 6.92 Å². The van der Waals surface area contributed by atoms with Gasteiger partial charge in [0, 0.05) is 11.6 Å². The molecular weight excluding hydrogens is 205 g/mol. The second kappa shape index (κ2) is 4.86. The highest BCUT2D eigenvalue weighted by Gasteiger charge is 2.00. The first kappa shape index (κ1) is 10.9. The van der Waals surface area contributed by atoms with Gasteiger partial charge in [0.05, 0.1) is 5.69 Å². The molecule has 0 aliphatic carbocycles. The van der Waals surface area contributed by atoms with Crippen LogP contribution in [-0.4, -0.2) is 6.61 Å². The Morgan fingerprint density at radius 2 is 2.36 bits per heavy atom. The average molecular weight is 216 g/mol. The molecule has 0 spiro atoms. The third-order valence-electron chi connectivity index (χ3n) is 1.62. The van der Waals surface area contributed by atoms with E-state index in [2.05, 4.69) is 0 Å². The van der Waals surface area contributed by atoms with E-state index in [0.717, 1.165) is 5.57 Å². The first-order valence-corrected chi connectivity index (χ1v) is 4.51. The number of halogens is 2. The summed E-state index contributed by atoms with van der Waals surface area (Å²) in [6.45, 7) is 2.16. The minimum Gasteiger partial charge on any atom is -0.489 e. The van der Waals surface area contributed by atoms with Crippen molar-refractivity contribution in [3.8, 4) is 5.75 Å². The molecule has 0 unspecified atom stereocenters. The van der Waals surface area contributed by atoms with Crippen LogP contribution in [0.1, 0.15) is 6.92 Å². The van der Waals surface area contributed by atoms with Crippen molar-refractivity contribution >= 4 is 17.3 Å². The summed E-state index contributed by atoms with van der Waals surface area (Å²) in [5.41, 5.74) is 7.71. The summed E-state index contributed by atoms with van der Waals surface area (Å²) in [5.74, 6) is -0.0374. The molecule has 0 bridgehead atoms. The molecule has 0 aliphatic rings. The molecule has 76 valence electrons. The summed E-state index contributed by atoms with van der Waals surface area (Å²) >= 11 is 5.44. The van der Waals surface area contributed by atoms with E-state index < -0.39 is 5.82 Å². The summed E-state index contributed by atoms with van der Waals surface area (Å²) in [6.07, 6.45) is 0. The molecule has 2 nitrogen and oxygen atoms in total. The van der Waals surface area contributed by atoms with Crippen LogP contribution in [0.4, 0.5) is 10.1 Å². The first-order chi connectivity index (χ1) is 6.63. The molecule has 0 atom stereocenters. The van der Waals surface area contributed by atoms with Crippen LogP contribution in [0.2, 0.25) is 0 Å². The van der Waals surface area contributed by atoms with E-state index in [1.165, 1.54) is 17.7 Å². The van der Waals surface area contributed by atoms with Gasteiger partial charge in [-0.15, -0.1) is 0 Å². The van der Waals surface area contributed by atoms with Crippen LogP contribution in [0.15, 0.2) is 29.3 Å². The number of rotatable bonds is 3. The molecule has 0 saturated heterocycles. The topological polar surface area (TPSA) is 35.2 Å². The van der Waals surface area contributed by atoms with Crippen LogP contribution in [0.25, 0.3) is 0 Å². The molecule has 1 aromatic rings. The van der Waals surface area contributed by atoms with E-state index in [4.69, 9.17) is 22.1 Å². The molecule has 0 heterocycles. The Labute approximate surface area is 87.1 Å². The molecule has 0 aromatic heterocycles. The highest BCUT2D eigenvalue weighted by molar-refractivity contribution is 6.25. The fraction of sp³-hybridized carbons (Fsp3) is 0.200. The number of hydrogen-bond donors (Lipinski definition) is 1. The lowest BCUT2D eigenvalue weighted by Gasteiger charge is -2.06. The van der Waals surface area contributed by atoms with Crippen LogP contribution in [0.5, 0.6) is 5.75 Å². The maximum atomic E-state index is 12.9. The molecule has 1 rings (SSSR count). The van der Waals surface area contributed by atoms with Gasteiger partial charge in [0.25, 0.3) is 0 Å². The van der Waals surface area contributed by atoms with Crippen LogP contribution in [0, 0.1) is 5.82 Å². The van der Waals surface area contributed by atoms with Crippen molar-refractivity contribution in [2.75, 3.05) is 12.3 Å². The van der Waals surface area contributed by atoms with Gasteiger partial charge in [-0.2, -0.15) is 0 Å². The highest BCUT2D eigenvalue weighted by atomic mass is 35.5. The fourth-order valence-corrected chi connectivity index (χ4v) is 0.889. The molecular formula is C10H11ClFNO. The lowest BCUT2D eigenvalue weighted by atomic mass is 10.3. The molecule has 0 aliphatic heterocycles. The Kier molecular flexibility index (Phi) is 3.77. The zero-order valence-electron chi connectivity index (χ0n) is 7.76. The van der Waals surface area contributed by atoms with E-state index in [0.29, 0.717) is 12.4 Å². The largest absolute Gasteiger partial charge is 0.489 e. The summed E-state index contributed by atoms with van der Waals surface area (Å²) in [6, 6.07) is 4.32. The standard InChI is InChI=1S/C10H11ClFNO/c1-7(5-11)6-14-8-2-3-10(13)9(12)4-8/h2-5H,6,13H2,1H3/b7-5-. The average Bonchev–Trinajstić information content (AvgIpc) is 2.19. The summed E-state index contributed by atoms with van der Waals surface area (Å²) in [5, 5.41) is 0. The molecule has 4 heteroatoms. The molecule has 2 N–H and O–H groups in total. The second-order valence-corrected chi connectivity index (χ2v) is 3.15. The fourth-order valence-electron chi connectivity index (χ4n) is 0.826. The van der Waals surface area contributed by atoms with Gasteiger partial charge in [0.2, 0.25) is 0 Å². The van der Waals surface area contributed by atoms with Gasteiger partial charge < -0.3 is 10.5 Å². The Morgan fingerprint density at radius 3 is 2.93 bits per heavy atom. The smallest absolute Gasteiger partial charge is 0.149 e. The molecule has 0 saturated carbocycles. The SMILES string of the molecule is C/C(=C/Cl)COc1ccc(N)c(F)c1. The minimum atomic E-state index is -0.477. The molecule has 0 radical (unpaired) electrons. The lowest BCUT2D eigenvalue weighted by Crippen LogP contribution is -1.99. The molecule has 1 aromatic carbocycles. The van der Waals surface area contributed by atoms with Crippen molar-refractivity contribution in [1.82, 2.24) is 0 Å². The van der Waals surface area contributed by atoms with Crippen molar-refractivity contribution in [2.24, 2.45) is 0 Å². The van der Waals surface area contributed by atoms with Crippen molar-refractivity contribution in [3.63, 3.8) is 0 Å². The quantitative estimate of drug-likeness (QED) is 0.787. The van der Waals surface area contributed by atoms with E-state index in [-0.39, 0.29) is 5.69 Å². The molecule has 0 fully saturated rings. The van der Waals surface area contributed by atoms with E-state index in [1.54, 1.807) is 6.07 Å². The van der Waals surface area contributed by atoms with Gasteiger partial charge in [-0.1, -0.05) is 11.6 Å². The Bertz CT molecular complexity index is 352. The van der Waals surface area contributed by atoms with Crippen molar-refractivity contribution in [2.45, 2.75) is 6.92 Å². The normalized spacial score (nSPS) is 11.5. The van der Waals surface area contributed by atoms with E-state index in [9.17, 15) is 4.39 Å². The minimum absolute atomic E-state index is 0.113. The number of nitrogens with two attached hydrogens (primary N) is 1. The first-order valence-electron chi connectivity index (χ1n) is 4.07. The van der Waals surface area contributed by atoms with Crippen LogP contribution in [0.3, 0.4) is 0 Å². The van der Waals surface area contributed by atoms with Crippen molar-refractivity contribution in [3.05, 3.63) is 35.1 Å². The Hall–Kier alpha value is -1.22. The third-order valence-corrected chi connectivity index (χ3v) is 2.00. The maximum absolute atomic E-state index is 12.9. The third kappa shape index (κ3) is 2.92. The number of anilines is 1. The molecule has 0 amide bonds. The second-order valence-electron chi connectivity index (χ2n) is 2.93. The molecule has 14 heavy (non-hydrogen) atoms. The van der Waals surface area contributed by atoms with Gasteiger partial charge >= 0.3 is 0 Å². The van der Waals surface area contributed by atoms with Gasteiger partial charge in [0.1, 0.15) is 18.2 Å². The number of ether oxygens (including phenoxy) is 1. The predicted octanol–water partition coefficient (Wildman–Crippen LogP) is 2.93. The lowest BCUT2D eigenvalue weighted by molar-refractivity contribution is 0.350. The van der Waals surface area contributed by atoms with Crippen LogP contribution >= 0.6 is 11.6 Å². The Balaban J connectivity index is 2.64. The van der Waals surface area contributed by atoms with Crippen molar-refractivity contribution in [1.29, 1.82) is 0 Å². The van der Waals surface area contributed by atoms with Gasteiger partial charge in [-0.05, 0) is 24.6 Å². The zero-order valence-corrected chi connectivity index (χ0v) is 8.51. The number of nitrogen functional groups attached to an aromatic ring is 1. The van der Waals surface area contributed by atoms with Crippen LogP contribution in [-0.2, 0) is 0 Å². The van der Waals surface area contributed by atoms with Crippen molar-refractivity contribution < 1.29 is 9.13 Å². The maximum Gasteiger partial charge on any atom is 0.149 e. The highest BCUT2D eigenvalue weighted by Crippen LogP contribution is 2.18. The monoisotopic (exact) mass is 215 g/mol. The van der Waals surface area contributed by atoms with Gasteiger partial charge in [0.15, 0.2) is 0 Å². The number of hydrogen-bond acceptors (Lipinski definition) is 2. The van der Waals surface area contributed by atoms with Gasteiger partial charge in [-0.3, -0.25) is 0 Å². The van der Waals surface area contributed by atoms with Gasteiger partial charge in [-0.25, -0.2) is 4.39 Å². The predicted molar refractivity (Wildman–Crippen MR) is 55.9 cm³/mol. The number of benzene rings is 1. The summed E-state index contributed by atoms with van der Waals surface area (Å²) in [4.78, 5) is 0. The van der Waals surface area contributed by atoms with E-state index >= 15 is 0 Å². The summed E-state index contributed by atoms with van der Waals surface area (Å²) < 4.78 is 18.2. The summed E-state index contributed by atoms with van der Waals surface area (Å²) in [7, 11) is 0. The van der Waals surface area contributed by atoms with Crippen LogP contribution < -0.4 is 10.5 Å². The zero-order chi connectivity index (χ0) is 10.6. The Morgan fingerprint density at radius 1 is 1.64 bits per heavy atom.